The highest BCUT2D eigenvalue weighted by Gasteiger charge is 2.07. The number of halogens is 1. The van der Waals surface area contributed by atoms with Gasteiger partial charge in [0.05, 0.1) is 19.7 Å². The highest BCUT2D eigenvalue weighted by Crippen LogP contribution is 2.17. The number of rotatable bonds is 10. The fourth-order valence-electron chi connectivity index (χ4n) is 2.34. The Kier molecular flexibility index (Phi) is 8.25. The molecule has 1 amide bonds. The van der Waals surface area contributed by atoms with Crippen LogP contribution in [0.5, 0.6) is 11.5 Å². The van der Waals surface area contributed by atoms with Crippen molar-refractivity contribution in [1.29, 1.82) is 0 Å². The highest BCUT2D eigenvalue weighted by atomic mass is 35.5. The van der Waals surface area contributed by atoms with Gasteiger partial charge in [-0.05, 0) is 55.8 Å². The van der Waals surface area contributed by atoms with Gasteiger partial charge >= 0.3 is 0 Å². The first-order chi connectivity index (χ1) is 12.6. The molecule has 0 aromatic heterocycles. The maximum absolute atomic E-state index is 11.9. The average molecular weight is 377 g/mol. The molecule has 26 heavy (non-hydrogen) atoms. The zero-order chi connectivity index (χ0) is 18.8. The largest absolute Gasteiger partial charge is 0.494 e. The molecular weight excluding hydrogens is 352 g/mol. The SMILES string of the molecule is CCOc1ccc(OCCNC(=O)CN[C@H](C)c2ccc(Cl)cc2)cc1. The molecule has 6 heteroatoms. The molecule has 140 valence electrons. The van der Waals surface area contributed by atoms with Crippen LogP contribution in [-0.4, -0.2) is 32.2 Å². The second kappa shape index (κ2) is 10.7. The van der Waals surface area contributed by atoms with E-state index in [0.29, 0.717) is 24.8 Å². The summed E-state index contributed by atoms with van der Waals surface area (Å²) in [5, 5.41) is 6.71. The molecule has 2 aromatic rings. The van der Waals surface area contributed by atoms with Crippen LogP contribution < -0.4 is 20.1 Å². The van der Waals surface area contributed by atoms with Crippen molar-refractivity contribution in [3.05, 3.63) is 59.1 Å². The predicted octanol–water partition coefficient (Wildman–Crippen LogP) is 3.58. The van der Waals surface area contributed by atoms with Crippen molar-refractivity contribution in [2.45, 2.75) is 19.9 Å². The zero-order valence-corrected chi connectivity index (χ0v) is 15.9. The molecule has 0 radical (unpaired) electrons. The van der Waals surface area contributed by atoms with Crippen molar-refractivity contribution in [3.63, 3.8) is 0 Å². The van der Waals surface area contributed by atoms with Gasteiger partial charge in [0.15, 0.2) is 0 Å². The number of hydrogen-bond donors (Lipinski definition) is 2. The fraction of sp³-hybridized carbons (Fsp3) is 0.350. The van der Waals surface area contributed by atoms with E-state index < -0.39 is 0 Å². The number of carbonyl (C=O) groups excluding carboxylic acids is 1. The standard InChI is InChI=1S/C20H25ClN2O3/c1-3-25-18-8-10-19(11-9-18)26-13-12-22-20(24)14-23-15(2)16-4-6-17(21)7-5-16/h4-11,15,23H,3,12-14H2,1-2H3,(H,22,24)/t15-/m1/s1. The molecule has 0 aliphatic heterocycles. The van der Waals surface area contributed by atoms with Crippen molar-refractivity contribution in [2.24, 2.45) is 0 Å². The second-order valence-electron chi connectivity index (χ2n) is 5.76. The van der Waals surface area contributed by atoms with Crippen LogP contribution in [0.15, 0.2) is 48.5 Å². The molecule has 0 unspecified atom stereocenters. The summed E-state index contributed by atoms with van der Waals surface area (Å²) < 4.78 is 11.0. The summed E-state index contributed by atoms with van der Waals surface area (Å²) >= 11 is 5.88. The topological polar surface area (TPSA) is 59.6 Å². The Hall–Kier alpha value is -2.24. The van der Waals surface area contributed by atoms with Crippen molar-refractivity contribution in [3.8, 4) is 11.5 Å². The van der Waals surface area contributed by atoms with E-state index in [-0.39, 0.29) is 18.5 Å². The monoisotopic (exact) mass is 376 g/mol. The lowest BCUT2D eigenvalue weighted by Crippen LogP contribution is -2.36. The summed E-state index contributed by atoms with van der Waals surface area (Å²) in [7, 11) is 0. The smallest absolute Gasteiger partial charge is 0.234 e. The van der Waals surface area contributed by atoms with Crippen molar-refractivity contribution >= 4 is 17.5 Å². The Balaban J connectivity index is 1.62. The first-order valence-electron chi connectivity index (χ1n) is 8.69. The molecule has 0 bridgehead atoms. The van der Waals surface area contributed by atoms with Gasteiger partial charge in [-0.25, -0.2) is 0 Å². The van der Waals surface area contributed by atoms with Crippen molar-refractivity contribution < 1.29 is 14.3 Å². The summed E-state index contributed by atoms with van der Waals surface area (Å²) in [5.74, 6) is 1.49. The molecule has 5 nitrogen and oxygen atoms in total. The van der Waals surface area contributed by atoms with Crippen LogP contribution in [0.3, 0.4) is 0 Å². The maximum atomic E-state index is 11.9. The van der Waals surface area contributed by atoms with E-state index in [1.165, 1.54) is 0 Å². The first-order valence-corrected chi connectivity index (χ1v) is 9.07. The number of amides is 1. The minimum absolute atomic E-state index is 0.0677. The normalized spacial score (nSPS) is 11.7. The summed E-state index contributed by atoms with van der Waals surface area (Å²) in [6, 6.07) is 15.1. The number of hydrogen-bond acceptors (Lipinski definition) is 4. The van der Waals surface area contributed by atoms with E-state index in [2.05, 4.69) is 10.6 Å². The Morgan fingerprint density at radius 1 is 1.04 bits per heavy atom. The van der Waals surface area contributed by atoms with Crippen LogP contribution in [-0.2, 0) is 4.79 Å². The molecule has 0 fully saturated rings. The highest BCUT2D eigenvalue weighted by molar-refractivity contribution is 6.30. The molecule has 0 saturated heterocycles. The van der Waals surface area contributed by atoms with Gasteiger partial charge in [0.25, 0.3) is 0 Å². The zero-order valence-electron chi connectivity index (χ0n) is 15.1. The number of benzene rings is 2. The van der Waals surface area contributed by atoms with Crippen LogP contribution in [0.1, 0.15) is 25.5 Å². The van der Waals surface area contributed by atoms with Crippen LogP contribution in [0.25, 0.3) is 0 Å². The van der Waals surface area contributed by atoms with Gasteiger partial charge in [-0.2, -0.15) is 0 Å². The molecule has 1 atom stereocenters. The number of nitrogens with one attached hydrogen (secondary N) is 2. The molecule has 0 spiro atoms. The summed E-state index contributed by atoms with van der Waals surface area (Å²) in [5.41, 5.74) is 1.08. The minimum Gasteiger partial charge on any atom is -0.494 e. The number of ether oxygens (including phenoxy) is 2. The van der Waals surface area contributed by atoms with Gasteiger partial charge in [0, 0.05) is 11.1 Å². The maximum Gasteiger partial charge on any atom is 0.234 e. The van der Waals surface area contributed by atoms with Gasteiger partial charge in [-0.1, -0.05) is 23.7 Å². The van der Waals surface area contributed by atoms with E-state index in [1.807, 2.05) is 62.4 Å². The van der Waals surface area contributed by atoms with E-state index in [9.17, 15) is 4.79 Å². The first kappa shape index (κ1) is 20.1. The quantitative estimate of drug-likeness (QED) is 0.622. The molecule has 0 heterocycles. The van der Waals surface area contributed by atoms with E-state index in [4.69, 9.17) is 21.1 Å². The molecule has 2 N–H and O–H groups in total. The van der Waals surface area contributed by atoms with Crippen LogP contribution in [0.2, 0.25) is 5.02 Å². The number of carbonyl (C=O) groups is 1. The van der Waals surface area contributed by atoms with Gasteiger partial charge in [-0.15, -0.1) is 0 Å². The van der Waals surface area contributed by atoms with Crippen LogP contribution in [0.4, 0.5) is 0 Å². The molecule has 0 saturated carbocycles. The van der Waals surface area contributed by atoms with Gasteiger partial charge < -0.3 is 20.1 Å². The third-order valence-corrected chi connectivity index (χ3v) is 4.02. The van der Waals surface area contributed by atoms with E-state index >= 15 is 0 Å². The molecule has 0 aliphatic rings. The Labute approximate surface area is 159 Å². The van der Waals surface area contributed by atoms with Crippen LogP contribution in [0, 0.1) is 0 Å². The predicted molar refractivity (Wildman–Crippen MR) is 104 cm³/mol. The van der Waals surface area contributed by atoms with Gasteiger partial charge in [0.1, 0.15) is 18.1 Å². The third kappa shape index (κ3) is 6.94. The fourth-order valence-corrected chi connectivity index (χ4v) is 2.46. The van der Waals surface area contributed by atoms with E-state index in [1.54, 1.807) is 0 Å². The van der Waals surface area contributed by atoms with Gasteiger partial charge in [0.2, 0.25) is 5.91 Å². The lowest BCUT2D eigenvalue weighted by Gasteiger charge is -2.14. The molecule has 0 aliphatic carbocycles. The van der Waals surface area contributed by atoms with Gasteiger partial charge in [-0.3, -0.25) is 4.79 Å². The Morgan fingerprint density at radius 3 is 2.27 bits per heavy atom. The summed E-state index contributed by atoms with van der Waals surface area (Å²) in [6.07, 6.45) is 0. The van der Waals surface area contributed by atoms with Crippen molar-refractivity contribution in [1.82, 2.24) is 10.6 Å². The van der Waals surface area contributed by atoms with Crippen LogP contribution >= 0.6 is 11.6 Å². The summed E-state index contributed by atoms with van der Waals surface area (Å²) in [4.78, 5) is 11.9. The Morgan fingerprint density at radius 2 is 1.65 bits per heavy atom. The van der Waals surface area contributed by atoms with Crippen molar-refractivity contribution in [2.75, 3.05) is 26.3 Å². The Bertz CT molecular complexity index is 674. The lowest BCUT2D eigenvalue weighted by molar-refractivity contribution is -0.120. The summed E-state index contributed by atoms with van der Waals surface area (Å²) in [6.45, 7) is 5.68. The molecular formula is C20H25ClN2O3. The second-order valence-corrected chi connectivity index (χ2v) is 6.19. The lowest BCUT2D eigenvalue weighted by atomic mass is 10.1. The average Bonchev–Trinajstić information content (AvgIpc) is 2.65. The minimum atomic E-state index is -0.0684. The van der Waals surface area contributed by atoms with E-state index in [0.717, 1.165) is 17.1 Å². The third-order valence-electron chi connectivity index (χ3n) is 3.77. The molecule has 2 rings (SSSR count). The molecule has 2 aromatic carbocycles.